The van der Waals surface area contributed by atoms with Gasteiger partial charge < -0.3 is 30.5 Å². The summed E-state index contributed by atoms with van der Waals surface area (Å²) in [6, 6.07) is 12.7. The molecule has 0 spiro atoms. The number of aliphatic hydroxyl groups is 1. The summed E-state index contributed by atoms with van der Waals surface area (Å²) >= 11 is 0. The van der Waals surface area contributed by atoms with Gasteiger partial charge in [-0.25, -0.2) is 4.79 Å². The van der Waals surface area contributed by atoms with Gasteiger partial charge in [-0.1, -0.05) is 36.4 Å². The third-order valence-electron chi connectivity index (χ3n) is 6.17. The number of hydrogen-bond acceptors (Lipinski definition) is 8. The Morgan fingerprint density at radius 2 is 1.84 bits per heavy atom. The van der Waals surface area contributed by atoms with Crippen LogP contribution in [0.25, 0.3) is 5.65 Å². The van der Waals surface area contributed by atoms with Crippen molar-refractivity contribution in [3.63, 3.8) is 0 Å². The van der Waals surface area contributed by atoms with Gasteiger partial charge in [0.1, 0.15) is 12.6 Å². The molecule has 2 aromatic heterocycles. The summed E-state index contributed by atoms with van der Waals surface area (Å²) in [5, 5.41) is 21.1. The Morgan fingerprint density at radius 3 is 2.54 bits per heavy atom. The molecule has 0 saturated carbocycles. The third-order valence-corrected chi connectivity index (χ3v) is 6.17. The summed E-state index contributed by atoms with van der Waals surface area (Å²) in [4.78, 5) is 26.8. The molecule has 0 unspecified atom stereocenters. The van der Waals surface area contributed by atoms with E-state index >= 15 is 0 Å². The van der Waals surface area contributed by atoms with Gasteiger partial charge in [0, 0.05) is 24.8 Å². The summed E-state index contributed by atoms with van der Waals surface area (Å²) in [7, 11) is 0. The molecule has 11 nitrogen and oxygen atoms in total. The van der Waals surface area contributed by atoms with Crippen molar-refractivity contribution >= 4 is 17.6 Å². The number of hydrogen-bond donors (Lipinski definition) is 3. The van der Waals surface area contributed by atoms with Crippen molar-refractivity contribution in [2.75, 3.05) is 19.7 Å². The number of carbonyl (C=O) groups is 2. The van der Waals surface area contributed by atoms with E-state index in [0.717, 1.165) is 11.1 Å². The highest BCUT2D eigenvalue weighted by molar-refractivity contribution is 5.85. The Labute approximate surface area is 215 Å². The predicted octanol–water partition coefficient (Wildman–Crippen LogP) is 1.93. The van der Waals surface area contributed by atoms with Crippen molar-refractivity contribution in [1.29, 1.82) is 0 Å². The summed E-state index contributed by atoms with van der Waals surface area (Å²) in [6.45, 7) is 4.77. The molecule has 3 aromatic rings. The number of nitrogens with zero attached hydrogens (tertiary/aromatic N) is 4. The molecule has 1 aliphatic heterocycles. The lowest BCUT2D eigenvalue weighted by Crippen LogP contribution is -2.50. The number of fused-ring (bicyclic) bond motifs is 1. The molecule has 4 N–H and O–H groups in total. The number of pyridine rings is 1. The molecule has 11 heteroatoms. The SMILES string of the molecule is CC(C)(N)C(=O)N[C@H](COCc1ccccc1)c1nnc2ccc(COC(=O)N3CCC(O)CC3)cn12. The van der Waals surface area contributed by atoms with Crippen LogP contribution >= 0.6 is 0 Å². The van der Waals surface area contributed by atoms with E-state index < -0.39 is 17.7 Å². The number of aliphatic hydroxyl groups excluding tert-OH is 1. The number of benzene rings is 1. The van der Waals surface area contributed by atoms with E-state index in [9.17, 15) is 14.7 Å². The van der Waals surface area contributed by atoms with Crippen LogP contribution in [0.3, 0.4) is 0 Å². The Morgan fingerprint density at radius 1 is 1.11 bits per heavy atom. The van der Waals surface area contributed by atoms with Crippen LogP contribution in [0, 0.1) is 0 Å². The molecule has 0 aliphatic carbocycles. The lowest BCUT2D eigenvalue weighted by Gasteiger charge is -2.28. The van der Waals surface area contributed by atoms with Crippen molar-refractivity contribution in [2.45, 2.75) is 57.6 Å². The maximum absolute atomic E-state index is 12.7. The highest BCUT2D eigenvalue weighted by Crippen LogP contribution is 2.18. The minimum Gasteiger partial charge on any atom is -0.444 e. The van der Waals surface area contributed by atoms with Gasteiger partial charge in [0.05, 0.1) is 24.9 Å². The Kier molecular flexibility index (Phi) is 8.37. The van der Waals surface area contributed by atoms with E-state index in [-0.39, 0.29) is 25.2 Å². The van der Waals surface area contributed by atoms with E-state index in [1.165, 1.54) is 0 Å². The van der Waals surface area contributed by atoms with Gasteiger partial charge in [0.15, 0.2) is 11.5 Å². The van der Waals surface area contributed by atoms with Crippen LogP contribution in [0.15, 0.2) is 48.7 Å². The molecule has 3 heterocycles. The molecule has 1 fully saturated rings. The molecule has 1 saturated heterocycles. The number of ether oxygens (including phenoxy) is 2. The first-order valence-electron chi connectivity index (χ1n) is 12.4. The number of amides is 2. The fraction of sp³-hybridized carbons (Fsp3) is 0.462. The molecule has 37 heavy (non-hydrogen) atoms. The summed E-state index contributed by atoms with van der Waals surface area (Å²) < 4.78 is 13.2. The van der Waals surface area contributed by atoms with E-state index in [4.69, 9.17) is 15.2 Å². The van der Waals surface area contributed by atoms with E-state index in [0.29, 0.717) is 44.0 Å². The van der Waals surface area contributed by atoms with Gasteiger partial charge in [-0.15, -0.1) is 10.2 Å². The van der Waals surface area contributed by atoms with Gasteiger partial charge in [0.2, 0.25) is 5.91 Å². The number of aromatic nitrogens is 3. The number of likely N-dealkylation sites (tertiary alicyclic amines) is 1. The summed E-state index contributed by atoms with van der Waals surface area (Å²) in [5.41, 5.74) is 7.23. The average Bonchev–Trinajstić information content (AvgIpc) is 3.30. The Hall–Kier alpha value is -3.54. The molecule has 198 valence electrons. The molecule has 4 rings (SSSR count). The van der Waals surface area contributed by atoms with Crippen LogP contribution in [0.2, 0.25) is 0 Å². The first-order valence-corrected chi connectivity index (χ1v) is 12.4. The molecular formula is C26H34N6O5. The molecule has 2 amide bonds. The number of nitrogens with one attached hydrogen (secondary N) is 1. The lowest BCUT2D eigenvalue weighted by molar-refractivity contribution is -0.126. The smallest absolute Gasteiger partial charge is 0.410 e. The summed E-state index contributed by atoms with van der Waals surface area (Å²) in [6.07, 6.45) is 2.09. The van der Waals surface area contributed by atoms with Crippen LogP contribution in [-0.4, -0.2) is 67.9 Å². The quantitative estimate of drug-likeness (QED) is 0.396. The second-order valence-electron chi connectivity index (χ2n) is 9.85. The van der Waals surface area contributed by atoms with Crippen molar-refractivity contribution in [2.24, 2.45) is 5.73 Å². The third kappa shape index (κ3) is 7.03. The van der Waals surface area contributed by atoms with Gasteiger partial charge in [0.25, 0.3) is 0 Å². The van der Waals surface area contributed by atoms with Gasteiger partial charge >= 0.3 is 6.09 Å². The minimum atomic E-state index is -1.10. The zero-order chi connectivity index (χ0) is 26.4. The largest absolute Gasteiger partial charge is 0.444 e. The average molecular weight is 511 g/mol. The topological polar surface area (TPSA) is 144 Å². The maximum Gasteiger partial charge on any atom is 0.410 e. The van der Waals surface area contributed by atoms with Crippen LogP contribution in [0.4, 0.5) is 4.79 Å². The molecule has 1 atom stereocenters. The van der Waals surface area contributed by atoms with Crippen LogP contribution < -0.4 is 11.1 Å². The fourth-order valence-electron chi connectivity index (χ4n) is 3.95. The molecule has 0 bridgehead atoms. The van der Waals surface area contributed by atoms with Gasteiger partial charge in [-0.3, -0.25) is 9.20 Å². The van der Waals surface area contributed by atoms with Crippen molar-refractivity contribution in [3.8, 4) is 0 Å². The second kappa shape index (κ2) is 11.7. The highest BCUT2D eigenvalue weighted by atomic mass is 16.6. The van der Waals surface area contributed by atoms with Gasteiger partial charge in [-0.2, -0.15) is 0 Å². The maximum atomic E-state index is 12.7. The van der Waals surface area contributed by atoms with E-state index in [1.807, 2.05) is 36.4 Å². The number of rotatable bonds is 9. The zero-order valence-electron chi connectivity index (χ0n) is 21.2. The molecule has 1 aliphatic rings. The first-order chi connectivity index (χ1) is 17.7. The lowest BCUT2D eigenvalue weighted by atomic mass is 10.1. The van der Waals surface area contributed by atoms with Gasteiger partial charge in [-0.05, 0) is 38.3 Å². The standard InChI is InChI=1S/C26H34N6O5/c1-26(2,27)24(34)28-21(17-36-15-18-6-4-3-5-7-18)23-30-29-22-9-8-19(14-32(22)23)16-37-25(35)31-12-10-20(33)11-13-31/h3-9,14,20-21,33H,10-13,15-17,27H2,1-2H3,(H,28,34)/t21-/m1/s1. The minimum absolute atomic E-state index is 0.0583. The van der Waals surface area contributed by atoms with E-state index in [1.54, 1.807) is 35.4 Å². The number of nitrogens with two attached hydrogens (primary N) is 1. The molecule has 1 aromatic carbocycles. The van der Waals surface area contributed by atoms with Crippen molar-refractivity contribution in [3.05, 3.63) is 65.6 Å². The van der Waals surface area contributed by atoms with Crippen LogP contribution in [-0.2, 0) is 27.5 Å². The highest BCUT2D eigenvalue weighted by Gasteiger charge is 2.28. The van der Waals surface area contributed by atoms with E-state index in [2.05, 4.69) is 15.5 Å². The normalized spacial score (nSPS) is 15.5. The molecule has 0 radical (unpaired) electrons. The second-order valence-corrected chi connectivity index (χ2v) is 9.85. The predicted molar refractivity (Wildman–Crippen MR) is 135 cm³/mol. The van der Waals surface area contributed by atoms with Crippen LogP contribution in [0.1, 0.15) is 49.7 Å². The molecular weight excluding hydrogens is 476 g/mol. The fourth-order valence-corrected chi connectivity index (χ4v) is 3.95. The van der Waals surface area contributed by atoms with Crippen molar-refractivity contribution in [1.82, 2.24) is 24.8 Å². The van der Waals surface area contributed by atoms with Crippen molar-refractivity contribution < 1.29 is 24.2 Å². The zero-order valence-corrected chi connectivity index (χ0v) is 21.2. The number of piperidine rings is 1. The first kappa shape index (κ1) is 26.5. The van der Waals surface area contributed by atoms with Crippen LogP contribution in [0.5, 0.6) is 0 Å². The summed E-state index contributed by atoms with van der Waals surface area (Å²) in [5.74, 6) is 0.119. The number of carbonyl (C=O) groups excluding carboxylic acids is 2. The Bertz CT molecular complexity index is 1200. The Balaban J connectivity index is 1.48. The monoisotopic (exact) mass is 510 g/mol.